The van der Waals surface area contributed by atoms with E-state index in [2.05, 4.69) is 10.3 Å². The van der Waals surface area contributed by atoms with Crippen LogP contribution in [-0.2, 0) is 0 Å². The summed E-state index contributed by atoms with van der Waals surface area (Å²) < 4.78 is 0. The van der Waals surface area contributed by atoms with E-state index in [4.69, 9.17) is 11.6 Å². The van der Waals surface area contributed by atoms with Crippen molar-refractivity contribution in [2.75, 3.05) is 17.7 Å². The van der Waals surface area contributed by atoms with Crippen LogP contribution in [0.25, 0.3) is 11.1 Å². The van der Waals surface area contributed by atoms with E-state index >= 15 is 0 Å². The lowest BCUT2D eigenvalue weighted by atomic mass is 10.0. The quantitative estimate of drug-likeness (QED) is 0.378. The van der Waals surface area contributed by atoms with Gasteiger partial charge in [-0.3, -0.25) is 9.79 Å². The lowest BCUT2D eigenvalue weighted by Gasteiger charge is -2.09. The predicted octanol–water partition coefficient (Wildman–Crippen LogP) is 4.63. The molecule has 0 atom stereocenters. The number of benzene rings is 2. The largest absolute Gasteiger partial charge is 0.344 e. The first kappa shape index (κ1) is 16.2. The number of Topliss-reactive ketones (excluding diaryl/α,β-unsaturated/α-hetero) is 1. The minimum Gasteiger partial charge on any atom is -0.344 e. The number of hydrogen-bond donors (Lipinski definition) is 1. The van der Waals surface area contributed by atoms with Gasteiger partial charge in [-0.1, -0.05) is 30.3 Å². The molecule has 0 aliphatic rings. The fraction of sp³-hybridized carbons (Fsp3) is 0.222. The minimum absolute atomic E-state index is 0.0696. The number of ketones is 1. The van der Waals surface area contributed by atoms with Crippen molar-refractivity contribution in [1.29, 1.82) is 0 Å². The molecule has 3 nitrogen and oxygen atoms in total. The Hall–Kier alpha value is -2.13. The zero-order chi connectivity index (χ0) is 15.9. The molecule has 0 amide bonds. The molecule has 2 rings (SSSR count). The normalized spacial score (nSPS) is 11.3. The highest BCUT2D eigenvalue weighted by Gasteiger charge is 2.04. The van der Waals surface area contributed by atoms with Crippen molar-refractivity contribution in [1.82, 2.24) is 0 Å². The van der Waals surface area contributed by atoms with Crippen molar-refractivity contribution in [2.24, 2.45) is 4.99 Å². The second-order valence-corrected chi connectivity index (χ2v) is 5.38. The van der Waals surface area contributed by atoms with Crippen molar-refractivity contribution >= 4 is 28.9 Å². The van der Waals surface area contributed by atoms with E-state index in [0.717, 1.165) is 28.2 Å². The number of nitrogens with one attached hydrogen (secondary N) is 1. The minimum atomic E-state index is 0.0696. The third-order valence-electron chi connectivity index (χ3n) is 3.22. The van der Waals surface area contributed by atoms with Gasteiger partial charge in [0.2, 0.25) is 0 Å². The molecule has 0 aliphatic heterocycles. The Morgan fingerprint density at radius 1 is 1.09 bits per heavy atom. The van der Waals surface area contributed by atoms with E-state index in [-0.39, 0.29) is 5.78 Å². The third kappa shape index (κ3) is 4.43. The number of rotatable bonds is 5. The third-order valence-corrected chi connectivity index (χ3v) is 3.39. The number of anilines is 1. The lowest BCUT2D eigenvalue weighted by molar-refractivity contribution is 0.101. The maximum absolute atomic E-state index is 11.5. The van der Waals surface area contributed by atoms with E-state index < -0.39 is 0 Å². The summed E-state index contributed by atoms with van der Waals surface area (Å²) in [4.78, 5) is 15.8. The van der Waals surface area contributed by atoms with Crippen molar-refractivity contribution in [3.8, 4) is 11.1 Å². The Bertz CT molecular complexity index is 695. The van der Waals surface area contributed by atoms with Crippen molar-refractivity contribution in [3.05, 3.63) is 54.1 Å². The fourth-order valence-corrected chi connectivity index (χ4v) is 2.24. The molecule has 0 saturated heterocycles. The monoisotopic (exact) mass is 314 g/mol. The van der Waals surface area contributed by atoms with Crippen LogP contribution in [-0.4, -0.2) is 24.0 Å². The summed E-state index contributed by atoms with van der Waals surface area (Å²) in [5.74, 6) is 1.41. The highest BCUT2D eigenvalue weighted by atomic mass is 35.5. The van der Waals surface area contributed by atoms with Gasteiger partial charge in [0.05, 0.1) is 12.4 Å². The van der Waals surface area contributed by atoms with Gasteiger partial charge in [0.15, 0.2) is 5.78 Å². The topological polar surface area (TPSA) is 41.5 Å². The summed E-state index contributed by atoms with van der Waals surface area (Å²) in [6, 6.07) is 15.7. The maximum Gasteiger partial charge on any atom is 0.159 e. The molecule has 22 heavy (non-hydrogen) atoms. The number of amidine groups is 1. The molecule has 2 aromatic carbocycles. The Kier molecular flexibility index (Phi) is 5.73. The molecule has 0 unspecified atom stereocenters. The molecule has 0 saturated carbocycles. The number of nitrogens with zero attached hydrogens (tertiary/aromatic N) is 1. The van der Waals surface area contributed by atoms with Gasteiger partial charge in [-0.15, -0.1) is 11.6 Å². The number of carbonyl (C=O) groups excluding carboxylic acids is 1. The SMILES string of the molecule is CC(=O)c1cccc(-c2cccc(NC(C)=NCCCl)c2)c1. The Morgan fingerprint density at radius 3 is 2.45 bits per heavy atom. The molecular formula is C18H19ClN2O. The Labute approximate surface area is 136 Å². The van der Waals surface area contributed by atoms with Gasteiger partial charge in [-0.2, -0.15) is 0 Å². The van der Waals surface area contributed by atoms with Gasteiger partial charge >= 0.3 is 0 Å². The smallest absolute Gasteiger partial charge is 0.159 e. The van der Waals surface area contributed by atoms with Gasteiger partial charge in [0.1, 0.15) is 0 Å². The number of alkyl halides is 1. The van der Waals surface area contributed by atoms with Crippen LogP contribution in [0.4, 0.5) is 5.69 Å². The molecule has 0 heterocycles. The fourth-order valence-electron chi connectivity index (χ4n) is 2.15. The standard InChI is InChI=1S/C18H19ClN2O/c1-13(22)15-5-3-6-16(11-15)17-7-4-8-18(12-17)21-14(2)20-10-9-19/h3-8,11-12H,9-10H2,1-2H3,(H,20,21). The lowest BCUT2D eigenvalue weighted by Crippen LogP contribution is -2.08. The average Bonchev–Trinajstić information content (AvgIpc) is 2.53. The first-order valence-electron chi connectivity index (χ1n) is 7.15. The van der Waals surface area contributed by atoms with Gasteiger partial charge in [0.25, 0.3) is 0 Å². The summed E-state index contributed by atoms with van der Waals surface area (Å²) in [6.45, 7) is 4.09. The number of carbonyl (C=O) groups is 1. The highest BCUT2D eigenvalue weighted by molar-refractivity contribution is 6.18. The molecule has 0 bridgehead atoms. The van der Waals surface area contributed by atoms with Crippen LogP contribution in [0.1, 0.15) is 24.2 Å². The molecule has 2 aromatic rings. The molecule has 0 aliphatic carbocycles. The molecular weight excluding hydrogens is 296 g/mol. The summed E-state index contributed by atoms with van der Waals surface area (Å²) in [5.41, 5.74) is 3.75. The van der Waals surface area contributed by atoms with E-state index in [1.807, 2.05) is 55.5 Å². The summed E-state index contributed by atoms with van der Waals surface area (Å²) in [6.07, 6.45) is 0. The summed E-state index contributed by atoms with van der Waals surface area (Å²) >= 11 is 5.63. The van der Waals surface area contributed by atoms with E-state index in [1.54, 1.807) is 6.92 Å². The molecule has 0 spiro atoms. The number of hydrogen-bond acceptors (Lipinski definition) is 2. The molecule has 114 valence electrons. The highest BCUT2D eigenvalue weighted by Crippen LogP contribution is 2.23. The van der Waals surface area contributed by atoms with Gasteiger partial charge in [-0.25, -0.2) is 0 Å². The van der Waals surface area contributed by atoms with Gasteiger partial charge in [-0.05, 0) is 43.2 Å². The molecule has 0 radical (unpaired) electrons. The van der Waals surface area contributed by atoms with Crippen LogP contribution in [0.2, 0.25) is 0 Å². The van der Waals surface area contributed by atoms with Crippen LogP contribution in [0.15, 0.2) is 53.5 Å². The van der Waals surface area contributed by atoms with Crippen molar-refractivity contribution in [2.45, 2.75) is 13.8 Å². The van der Waals surface area contributed by atoms with Crippen LogP contribution in [0.3, 0.4) is 0 Å². The van der Waals surface area contributed by atoms with E-state index in [9.17, 15) is 4.79 Å². The van der Waals surface area contributed by atoms with Crippen LogP contribution in [0.5, 0.6) is 0 Å². The van der Waals surface area contributed by atoms with Crippen LogP contribution >= 0.6 is 11.6 Å². The number of aliphatic imine (C=N–C) groups is 1. The zero-order valence-electron chi connectivity index (χ0n) is 12.8. The van der Waals surface area contributed by atoms with Crippen molar-refractivity contribution < 1.29 is 4.79 Å². The zero-order valence-corrected chi connectivity index (χ0v) is 13.5. The maximum atomic E-state index is 11.5. The Balaban J connectivity index is 2.25. The second kappa shape index (κ2) is 7.76. The van der Waals surface area contributed by atoms with Crippen LogP contribution in [0, 0.1) is 0 Å². The predicted molar refractivity (Wildman–Crippen MR) is 94.2 cm³/mol. The van der Waals surface area contributed by atoms with Gasteiger partial charge in [0, 0.05) is 17.1 Å². The van der Waals surface area contributed by atoms with Crippen molar-refractivity contribution in [3.63, 3.8) is 0 Å². The summed E-state index contributed by atoms with van der Waals surface area (Å²) in [7, 11) is 0. The Morgan fingerprint density at radius 2 is 1.77 bits per heavy atom. The second-order valence-electron chi connectivity index (χ2n) is 5.00. The van der Waals surface area contributed by atoms with E-state index in [0.29, 0.717) is 12.4 Å². The van der Waals surface area contributed by atoms with E-state index in [1.165, 1.54) is 0 Å². The summed E-state index contributed by atoms with van der Waals surface area (Å²) in [5, 5.41) is 3.25. The molecule has 4 heteroatoms. The molecule has 0 fully saturated rings. The first-order valence-corrected chi connectivity index (χ1v) is 7.69. The molecule has 0 aromatic heterocycles. The number of halogens is 1. The van der Waals surface area contributed by atoms with Crippen LogP contribution < -0.4 is 5.32 Å². The first-order chi connectivity index (χ1) is 10.6. The van der Waals surface area contributed by atoms with Gasteiger partial charge < -0.3 is 5.32 Å². The molecule has 1 N–H and O–H groups in total. The average molecular weight is 315 g/mol.